The number of nitrogens with one attached hydrogen (secondary N) is 1. The molecular weight excluding hydrogens is 530 g/mol. The Morgan fingerprint density at radius 1 is 1.15 bits per heavy atom. The van der Waals surface area contributed by atoms with Crippen LogP contribution in [0.25, 0.3) is 0 Å². The molecule has 2 aliphatic heterocycles. The lowest BCUT2D eigenvalue weighted by atomic mass is 9.95. The molecule has 0 radical (unpaired) electrons. The van der Waals surface area contributed by atoms with E-state index >= 15 is 0 Å². The zero-order valence-corrected chi connectivity index (χ0v) is 23.8. The summed E-state index contributed by atoms with van der Waals surface area (Å²) in [6, 6.07) is 10.8. The van der Waals surface area contributed by atoms with Crippen LogP contribution in [0, 0.1) is 24.2 Å². The Morgan fingerprint density at radius 2 is 1.85 bits per heavy atom. The molecule has 0 unspecified atom stereocenters. The average Bonchev–Trinajstić information content (AvgIpc) is 3.33. The number of aryl methyl sites for hydroxylation is 1. The number of nitrogens with zero attached hydrogens (tertiary/aromatic N) is 4. The average molecular weight is 566 g/mol. The van der Waals surface area contributed by atoms with Gasteiger partial charge >= 0.3 is 0 Å². The van der Waals surface area contributed by atoms with Gasteiger partial charge in [0.1, 0.15) is 11.9 Å². The van der Waals surface area contributed by atoms with Crippen LogP contribution in [0.1, 0.15) is 78.2 Å². The highest BCUT2D eigenvalue weighted by molar-refractivity contribution is 7.89. The highest BCUT2D eigenvalue weighted by Crippen LogP contribution is 2.29. The fourth-order valence-corrected chi connectivity index (χ4v) is 6.35. The maximum atomic E-state index is 12.9. The molecule has 1 N–H and O–H groups in total. The summed E-state index contributed by atoms with van der Waals surface area (Å²) in [4.78, 5) is 46.3. The van der Waals surface area contributed by atoms with Crippen molar-refractivity contribution in [1.82, 2.24) is 14.6 Å². The third kappa shape index (κ3) is 7.04. The molecule has 40 heavy (non-hydrogen) atoms. The lowest BCUT2D eigenvalue weighted by Crippen LogP contribution is -2.43. The molecular formula is C29H35N5O5S. The van der Waals surface area contributed by atoms with Gasteiger partial charge in [0, 0.05) is 44.0 Å². The molecule has 0 bridgehead atoms. The molecule has 1 aromatic carbocycles. The fraction of sp³-hybridized carbons (Fsp3) is 0.483. The first-order valence-electron chi connectivity index (χ1n) is 13.7. The highest BCUT2D eigenvalue weighted by atomic mass is 32.2. The summed E-state index contributed by atoms with van der Waals surface area (Å²) in [6.07, 6.45) is 2.97. The van der Waals surface area contributed by atoms with E-state index in [0.29, 0.717) is 74.4 Å². The highest BCUT2D eigenvalue weighted by Gasteiger charge is 2.31. The van der Waals surface area contributed by atoms with Crippen LogP contribution in [-0.2, 0) is 31.9 Å². The first-order valence-corrected chi connectivity index (χ1v) is 15.3. The van der Waals surface area contributed by atoms with Gasteiger partial charge in [-0.3, -0.25) is 19.1 Å². The molecule has 212 valence electrons. The predicted molar refractivity (Wildman–Crippen MR) is 150 cm³/mol. The number of rotatable bonds is 10. The number of piperidine rings is 1. The molecule has 3 heterocycles. The largest absolute Gasteiger partial charge is 0.355 e. The van der Waals surface area contributed by atoms with Crippen molar-refractivity contribution in [3.05, 3.63) is 58.3 Å². The second-order valence-corrected chi connectivity index (χ2v) is 12.3. The second kappa shape index (κ2) is 12.6. The van der Waals surface area contributed by atoms with Crippen LogP contribution < -0.4 is 9.62 Å². The number of ketones is 1. The number of hydrogen-bond acceptors (Lipinski definition) is 8. The van der Waals surface area contributed by atoms with Crippen molar-refractivity contribution in [2.75, 3.05) is 24.5 Å². The zero-order valence-electron chi connectivity index (χ0n) is 23.0. The third-order valence-electron chi connectivity index (χ3n) is 7.39. The van der Waals surface area contributed by atoms with Crippen LogP contribution in [0.15, 0.2) is 30.3 Å². The Kier molecular flexibility index (Phi) is 9.20. The van der Waals surface area contributed by atoms with Crippen LogP contribution in [-0.4, -0.2) is 55.5 Å². The van der Waals surface area contributed by atoms with Gasteiger partial charge in [0.25, 0.3) is 0 Å². The number of Topliss-reactive ketones (excluding diaryl/α,β-unsaturated/α-hetero) is 1. The van der Waals surface area contributed by atoms with Gasteiger partial charge in [0.2, 0.25) is 21.8 Å². The van der Waals surface area contributed by atoms with Crippen LogP contribution >= 0.6 is 0 Å². The number of likely N-dealkylation sites (tertiary alicyclic amines) is 1. The Morgan fingerprint density at radius 3 is 2.45 bits per heavy atom. The maximum Gasteiger partial charge on any atom is 0.239 e. The Hall–Kier alpha value is -3.78. The molecule has 4 rings (SSSR count). The fourth-order valence-electron chi connectivity index (χ4n) is 5.17. The number of nitriles is 1. The molecule has 2 fully saturated rings. The van der Waals surface area contributed by atoms with E-state index in [1.54, 1.807) is 23.1 Å². The minimum absolute atomic E-state index is 0.0192. The number of pyridine rings is 1. The van der Waals surface area contributed by atoms with Crippen LogP contribution in [0.5, 0.6) is 0 Å². The van der Waals surface area contributed by atoms with Crippen molar-refractivity contribution in [1.29, 1.82) is 5.26 Å². The lowest BCUT2D eigenvalue weighted by Gasteiger charge is -2.33. The number of hydrogen-bond donors (Lipinski definition) is 1. The van der Waals surface area contributed by atoms with Gasteiger partial charge in [-0.15, -0.1) is 0 Å². The van der Waals surface area contributed by atoms with E-state index in [2.05, 4.69) is 10.8 Å². The molecule has 2 amide bonds. The molecule has 0 saturated carbocycles. The second-order valence-electron chi connectivity index (χ2n) is 10.5. The summed E-state index contributed by atoms with van der Waals surface area (Å²) in [5.74, 6) is -0.981. The minimum Gasteiger partial charge on any atom is -0.355 e. The van der Waals surface area contributed by atoms with Crippen molar-refractivity contribution in [2.45, 2.75) is 64.7 Å². The topological polar surface area (TPSA) is 141 Å². The van der Waals surface area contributed by atoms with E-state index in [4.69, 9.17) is 4.98 Å². The van der Waals surface area contributed by atoms with Gasteiger partial charge in [0.05, 0.1) is 23.6 Å². The number of anilines is 1. The predicted octanol–water partition coefficient (Wildman–Crippen LogP) is 3.23. The summed E-state index contributed by atoms with van der Waals surface area (Å²) in [6.45, 7) is 5.41. The molecule has 2 aliphatic rings. The van der Waals surface area contributed by atoms with Gasteiger partial charge in [-0.05, 0) is 44.2 Å². The smallest absolute Gasteiger partial charge is 0.239 e. The molecule has 2 saturated heterocycles. The Balaban J connectivity index is 1.47. The standard InChI is InChI=1S/C29H35N5O5S/c1-3-5-26(35)24-16-23(17-30)28(31-25(24)18-34-13-4-6-27(34)36)33-14-11-22(12-15-33)29(37)32-40(38,39)19-21-9-7-20(2)8-10-21/h7-10,16,22H,3-6,11-15,18-19H2,1-2H3,(H,32,37). The number of aromatic nitrogens is 1. The normalized spacial score (nSPS) is 16.2. The van der Waals surface area contributed by atoms with Crippen LogP contribution in [0.3, 0.4) is 0 Å². The first-order chi connectivity index (χ1) is 19.1. The van der Waals surface area contributed by atoms with Crippen molar-refractivity contribution >= 4 is 33.4 Å². The minimum atomic E-state index is -3.84. The van der Waals surface area contributed by atoms with Gasteiger partial charge < -0.3 is 9.80 Å². The van der Waals surface area contributed by atoms with Crippen molar-refractivity contribution in [2.24, 2.45) is 5.92 Å². The summed E-state index contributed by atoms with van der Waals surface area (Å²) in [7, 11) is -3.84. The molecule has 0 aliphatic carbocycles. The number of sulfonamides is 1. The van der Waals surface area contributed by atoms with Crippen molar-refractivity contribution in [3.63, 3.8) is 0 Å². The third-order valence-corrected chi connectivity index (χ3v) is 8.62. The Labute approximate surface area is 235 Å². The number of carbonyl (C=O) groups is 3. The van der Waals surface area contributed by atoms with Gasteiger partial charge in [-0.1, -0.05) is 36.8 Å². The number of benzene rings is 1. The van der Waals surface area contributed by atoms with E-state index in [9.17, 15) is 28.1 Å². The summed E-state index contributed by atoms with van der Waals surface area (Å²) in [5, 5.41) is 9.88. The van der Waals surface area contributed by atoms with E-state index in [1.165, 1.54) is 0 Å². The molecule has 10 nitrogen and oxygen atoms in total. The zero-order chi connectivity index (χ0) is 28.9. The number of carbonyl (C=O) groups excluding carboxylic acids is 3. The van der Waals surface area contributed by atoms with E-state index in [0.717, 1.165) is 12.0 Å². The summed E-state index contributed by atoms with van der Waals surface area (Å²) >= 11 is 0. The van der Waals surface area contributed by atoms with Gasteiger partial charge in [0.15, 0.2) is 5.78 Å². The van der Waals surface area contributed by atoms with E-state index in [1.807, 2.05) is 30.9 Å². The number of amides is 2. The Bertz CT molecular complexity index is 1420. The first kappa shape index (κ1) is 29.2. The lowest BCUT2D eigenvalue weighted by molar-refractivity contribution is -0.128. The molecule has 11 heteroatoms. The van der Waals surface area contributed by atoms with Crippen LogP contribution in [0.4, 0.5) is 5.82 Å². The van der Waals surface area contributed by atoms with Crippen molar-refractivity contribution < 1.29 is 22.8 Å². The maximum absolute atomic E-state index is 12.9. The van der Waals surface area contributed by atoms with Gasteiger partial charge in [-0.25, -0.2) is 13.4 Å². The quantitative estimate of drug-likeness (QED) is 0.433. The molecule has 2 aromatic rings. The van der Waals surface area contributed by atoms with Gasteiger partial charge in [-0.2, -0.15) is 5.26 Å². The van der Waals surface area contributed by atoms with E-state index in [-0.39, 0.29) is 29.6 Å². The van der Waals surface area contributed by atoms with Crippen LogP contribution in [0.2, 0.25) is 0 Å². The molecule has 1 aromatic heterocycles. The van der Waals surface area contributed by atoms with Crippen molar-refractivity contribution in [3.8, 4) is 6.07 Å². The van der Waals surface area contributed by atoms with E-state index < -0.39 is 21.8 Å². The SMILES string of the molecule is CCCC(=O)c1cc(C#N)c(N2CCC(C(=O)NS(=O)(=O)Cc3ccc(C)cc3)CC2)nc1CN1CCCC1=O. The molecule has 0 spiro atoms. The summed E-state index contributed by atoms with van der Waals surface area (Å²) < 4.78 is 27.4. The summed E-state index contributed by atoms with van der Waals surface area (Å²) in [5.41, 5.74) is 2.73. The monoisotopic (exact) mass is 565 g/mol. The molecule has 0 atom stereocenters.